The van der Waals surface area contributed by atoms with Crippen molar-refractivity contribution in [1.82, 2.24) is 9.88 Å². The predicted molar refractivity (Wildman–Crippen MR) is 68.4 cm³/mol. The van der Waals surface area contributed by atoms with Crippen LogP contribution >= 0.6 is 11.3 Å². The summed E-state index contributed by atoms with van der Waals surface area (Å²) in [5, 5.41) is 1.93. The van der Waals surface area contributed by atoms with Crippen LogP contribution in [0.4, 0.5) is 6.01 Å². The number of anilines is 1. The van der Waals surface area contributed by atoms with Crippen LogP contribution in [0.5, 0.6) is 0 Å². The molecule has 0 fully saturated rings. The first-order valence-electron chi connectivity index (χ1n) is 5.72. The number of amides is 1. The first-order valence-corrected chi connectivity index (χ1v) is 6.60. The van der Waals surface area contributed by atoms with E-state index in [-0.39, 0.29) is 11.9 Å². The highest BCUT2D eigenvalue weighted by molar-refractivity contribution is 7.12. The summed E-state index contributed by atoms with van der Waals surface area (Å²) in [5.41, 5.74) is 7.42. The third-order valence-electron chi connectivity index (χ3n) is 3.09. The van der Waals surface area contributed by atoms with Crippen LogP contribution in [-0.4, -0.2) is 22.3 Å². The van der Waals surface area contributed by atoms with Gasteiger partial charge in [0.05, 0.1) is 17.1 Å². The van der Waals surface area contributed by atoms with Gasteiger partial charge in [-0.3, -0.25) is 4.79 Å². The van der Waals surface area contributed by atoms with Gasteiger partial charge >= 0.3 is 0 Å². The Bertz CT molecular complexity index is 602. The number of fused-ring (bicyclic) bond motifs is 1. The van der Waals surface area contributed by atoms with Crippen LogP contribution in [0.25, 0.3) is 0 Å². The van der Waals surface area contributed by atoms with Crippen molar-refractivity contribution >= 4 is 23.3 Å². The quantitative estimate of drug-likeness (QED) is 0.852. The maximum absolute atomic E-state index is 12.3. The van der Waals surface area contributed by atoms with Gasteiger partial charge in [-0.05, 0) is 23.9 Å². The van der Waals surface area contributed by atoms with E-state index in [1.165, 1.54) is 11.3 Å². The lowest BCUT2D eigenvalue weighted by Gasteiger charge is -2.25. The van der Waals surface area contributed by atoms with Gasteiger partial charge in [0.25, 0.3) is 11.9 Å². The van der Waals surface area contributed by atoms with Crippen molar-refractivity contribution < 1.29 is 9.21 Å². The van der Waals surface area contributed by atoms with Gasteiger partial charge in [-0.15, -0.1) is 11.3 Å². The van der Waals surface area contributed by atoms with Crippen molar-refractivity contribution in [3.63, 3.8) is 0 Å². The minimum Gasteiger partial charge on any atom is -0.427 e. The third kappa shape index (κ3) is 1.78. The fourth-order valence-corrected chi connectivity index (χ4v) is 3.02. The molecule has 2 aromatic heterocycles. The third-order valence-corrected chi connectivity index (χ3v) is 4.10. The van der Waals surface area contributed by atoms with Crippen molar-refractivity contribution in [3.8, 4) is 0 Å². The molecule has 1 aliphatic rings. The Labute approximate surface area is 108 Å². The van der Waals surface area contributed by atoms with Crippen LogP contribution in [0.2, 0.25) is 0 Å². The van der Waals surface area contributed by atoms with Gasteiger partial charge in [0, 0.05) is 13.0 Å². The number of hydrogen-bond acceptors (Lipinski definition) is 5. The number of carbonyl (C=O) groups excluding carboxylic acids is 1. The Morgan fingerprint density at radius 2 is 2.44 bits per heavy atom. The molecule has 0 unspecified atom stereocenters. The van der Waals surface area contributed by atoms with Crippen LogP contribution in [0.15, 0.2) is 15.9 Å². The van der Waals surface area contributed by atoms with Crippen LogP contribution in [0.1, 0.15) is 26.7 Å². The SMILES string of the molecule is Cc1ccsc1C(=O)N1CCc2nc(N)oc2C1. The van der Waals surface area contributed by atoms with E-state index in [1.807, 2.05) is 18.4 Å². The second-order valence-corrected chi connectivity index (χ2v) is 5.25. The molecule has 2 aromatic rings. The van der Waals surface area contributed by atoms with Crippen molar-refractivity contribution in [2.45, 2.75) is 19.9 Å². The Hall–Kier alpha value is -1.82. The number of aryl methyl sites for hydroxylation is 1. The molecule has 0 saturated heterocycles. The molecule has 2 N–H and O–H groups in total. The molecule has 0 aliphatic carbocycles. The average molecular weight is 263 g/mol. The molecule has 0 radical (unpaired) electrons. The summed E-state index contributed by atoms with van der Waals surface area (Å²) < 4.78 is 5.31. The van der Waals surface area contributed by atoms with E-state index in [0.717, 1.165) is 16.1 Å². The first-order chi connectivity index (χ1) is 8.65. The van der Waals surface area contributed by atoms with Crippen LogP contribution in [0, 0.1) is 6.92 Å². The van der Waals surface area contributed by atoms with E-state index in [4.69, 9.17) is 10.2 Å². The molecule has 3 rings (SSSR count). The predicted octanol–water partition coefficient (Wildman–Crippen LogP) is 1.83. The maximum atomic E-state index is 12.3. The topological polar surface area (TPSA) is 72.4 Å². The zero-order valence-electron chi connectivity index (χ0n) is 9.97. The number of aromatic nitrogens is 1. The van der Waals surface area contributed by atoms with E-state index in [0.29, 0.717) is 25.3 Å². The standard InChI is InChI=1S/C12H13N3O2S/c1-7-3-5-18-10(7)11(16)15-4-2-8-9(6-15)17-12(13)14-8/h3,5H,2,4,6H2,1H3,(H2,13,14). The summed E-state index contributed by atoms with van der Waals surface area (Å²) in [6.07, 6.45) is 0.701. The summed E-state index contributed by atoms with van der Waals surface area (Å²) in [5.74, 6) is 0.768. The highest BCUT2D eigenvalue weighted by Crippen LogP contribution is 2.24. The number of rotatable bonds is 1. The molecule has 0 bridgehead atoms. The van der Waals surface area contributed by atoms with Crippen molar-refractivity contribution in [2.24, 2.45) is 0 Å². The molecule has 5 nitrogen and oxygen atoms in total. The number of thiophene rings is 1. The molecule has 94 valence electrons. The van der Waals surface area contributed by atoms with Gasteiger partial charge in [-0.2, -0.15) is 4.98 Å². The van der Waals surface area contributed by atoms with Crippen LogP contribution in [-0.2, 0) is 13.0 Å². The lowest BCUT2D eigenvalue weighted by molar-refractivity contribution is 0.0724. The normalized spacial score (nSPS) is 14.6. The second kappa shape index (κ2) is 4.13. The largest absolute Gasteiger partial charge is 0.427 e. The van der Waals surface area contributed by atoms with Gasteiger partial charge in [-0.25, -0.2) is 0 Å². The summed E-state index contributed by atoms with van der Waals surface area (Å²) in [4.78, 5) is 19.0. The van der Waals surface area contributed by atoms with E-state index < -0.39 is 0 Å². The Balaban J connectivity index is 1.84. The molecule has 0 aromatic carbocycles. The number of nitrogen functional groups attached to an aromatic ring is 1. The molecule has 0 spiro atoms. The van der Waals surface area contributed by atoms with Crippen molar-refractivity contribution in [1.29, 1.82) is 0 Å². The molecule has 18 heavy (non-hydrogen) atoms. The molecular formula is C12H13N3O2S. The highest BCUT2D eigenvalue weighted by Gasteiger charge is 2.26. The summed E-state index contributed by atoms with van der Waals surface area (Å²) in [7, 11) is 0. The number of carbonyl (C=O) groups is 1. The lowest BCUT2D eigenvalue weighted by atomic mass is 10.1. The minimum absolute atomic E-state index is 0.0584. The Morgan fingerprint density at radius 3 is 3.17 bits per heavy atom. The molecule has 1 amide bonds. The minimum atomic E-state index is 0.0584. The van der Waals surface area contributed by atoms with Crippen molar-refractivity contribution in [3.05, 3.63) is 33.3 Å². The molecule has 0 atom stereocenters. The van der Waals surface area contributed by atoms with Crippen LogP contribution in [0.3, 0.4) is 0 Å². The smallest absolute Gasteiger partial charge is 0.292 e. The average Bonchev–Trinajstić information content (AvgIpc) is 2.91. The Kier molecular flexibility index (Phi) is 2.59. The van der Waals surface area contributed by atoms with E-state index in [1.54, 1.807) is 4.90 Å². The Morgan fingerprint density at radius 1 is 1.61 bits per heavy atom. The molecule has 0 saturated carbocycles. The fourth-order valence-electron chi connectivity index (χ4n) is 2.12. The van der Waals surface area contributed by atoms with Crippen molar-refractivity contribution in [2.75, 3.05) is 12.3 Å². The van der Waals surface area contributed by atoms with Gasteiger partial charge < -0.3 is 15.1 Å². The van der Waals surface area contributed by atoms with Gasteiger partial charge in [-0.1, -0.05) is 0 Å². The zero-order chi connectivity index (χ0) is 12.7. The van der Waals surface area contributed by atoms with E-state index in [2.05, 4.69) is 4.98 Å². The number of oxazole rings is 1. The lowest BCUT2D eigenvalue weighted by Crippen LogP contribution is -2.35. The fraction of sp³-hybridized carbons (Fsp3) is 0.333. The number of nitrogens with zero attached hydrogens (tertiary/aromatic N) is 2. The molecule has 6 heteroatoms. The van der Waals surface area contributed by atoms with E-state index in [9.17, 15) is 4.79 Å². The van der Waals surface area contributed by atoms with E-state index >= 15 is 0 Å². The zero-order valence-corrected chi connectivity index (χ0v) is 10.8. The monoisotopic (exact) mass is 263 g/mol. The molecular weight excluding hydrogens is 250 g/mol. The summed E-state index contributed by atoms with van der Waals surface area (Å²) in [6.45, 7) is 3.07. The molecule has 3 heterocycles. The van der Waals surface area contributed by atoms with Gasteiger partial charge in [0.2, 0.25) is 0 Å². The van der Waals surface area contributed by atoms with Gasteiger partial charge in [0.1, 0.15) is 5.76 Å². The summed E-state index contributed by atoms with van der Waals surface area (Å²) >= 11 is 1.48. The van der Waals surface area contributed by atoms with Crippen LogP contribution < -0.4 is 5.73 Å². The maximum Gasteiger partial charge on any atom is 0.292 e. The number of nitrogens with two attached hydrogens (primary N) is 1. The second-order valence-electron chi connectivity index (χ2n) is 4.33. The number of hydrogen-bond donors (Lipinski definition) is 1. The first kappa shape index (κ1) is 11.3. The summed E-state index contributed by atoms with van der Waals surface area (Å²) in [6, 6.07) is 2.14. The van der Waals surface area contributed by atoms with Gasteiger partial charge in [0.15, 0.2) is 0 Å². The highest BCUT2D eigenvalue weighted by atomic mass is 32.1. The molecule has 1 aliphatic heterocycles.